The summed E-state index contributed by atoms with van der Waals surface area (Å²) in [6.45, 7) is 3.99. The zero-order valence-electron chi connectivity index (χ0n) is 20.5. The Morgan fingerprint density at radius 2 is 1.59 bits per heavy atom. The number of likely N-dealkylation sites (N-methyl/N-ethyl adjacent to an activating group) is 1. The lowest BCUT2D eigenvalue weighted by Crippen LogP contribution is -2.36. The maximum Gasteiger partial charge on any atom is 0.313 e. The Labute approximate surface area is 234 Å². The molecule has 3 aromatic carbocycles. The molecule has 0 heterocycles. The molecule has 0 aliphatic rings. The Morgan fingerprint density at radius 1 is 0.946 bits per heavy atom. The highest BCUT2D eigenvalue weighted by molar-refractivity contribution is 9.10. The number of nitrogens with one attached hydrogen (secondary N) is 2. The van der Waals surface area contributed by atoms with Gasteiger partial charge in [-0.25, -0.2) is 0 Å². The number of rotatable bonds is 8. The van der Waals surface area contributed by atoms with Crippen LogP contribution in [0.5, 0.6) is 11.5 Å². The van der Waals surface area contributed by atoms with Crippen molar-refractivity contribution in [3.63, 3.8) is 0 Å². The molecule has 7 nitrogen and oxygen atoms in total. The molecule has 0 fully saturated rings. The van der Waals surface area contributed by atoms with Crippen molar-refractivity contribution >= 4 is 62.5 Å². The molecule has 0 aliphatic heterocycles. The van der Waals surface area contributed by atoms with Gasteiger partial charge in [-0.15, -0.1) is 0 Å². The number of nitrogens with zero attached hydrogens (tertiary/aromatic N) is 1. The van der Waals surface area contributed by atoms with E-state index >= 15 is 0 Å². The van der Waals surface area contributed by atoms with Gasteiger partial charge in [0, 0.05) is 35.9 Å². The minimum atomic E-state index is -0.761. The third-order valence-electron chi connectivity index (χ3n) is 5.13. The molecule has 2 N–H and O–H groups in total. The second kappa shape index (κ2) is 12.9. The molecule has 0 unspecified atom stereocenters. The minimum Gasteiger partial charge on any atom is -0.457 e. The number of carbonyl (C=O) groups excluding carboxylic acids is 3. The molecular formula is C27H26BrCl2N3O4. The average Bonchev–Trinajstić information content (AvgIpc) is 2.83. The number of anilines is 1. The number of ether oxygens (including phenoxy) is 1. The van der Waals surface area contributed by atoms with Crippen molar-refractivity contribution in [3.05, 3.63) is 86.3 Å². The van der Waals surface area contributed by atoms with Gasteiger partial charge < -0.3 is 20.3 Å². The first-order valence-corrected chi connectivity index (χ1v) is 12.9. The van der Waals surface area contributed by atoms with Crippen LogP contribution in [0.4, 0.5) is 5.69 Å². The van der Waals surface area contributed by atoms with Gasteiger partial charge in [0.25, 0.3) is 0 Å². The molecule has 194 valence electrons. The fraction of sp³-hybridized carbons (Fsp3) is 0.222. The summed E-state index contributed by atoms with van der Waals surface area (Å²) in [4.78, 5) is 38.4. The van der Waals surface area contributed by atoms with Crippen LogP contribution in [-0.4, -0.2) is 35.7 Å². The van der Waals surface area contributed by atoms with Gasteiger partial charge in [0.05, 0.1) is 16.5 Å². The fourth-order valence-corrected chi connectivity index (χ4v) is 4.12. The van der Waals surface area contributed by atoms with E-state index in [2.05, 4.69) is 26.6 Å². The molecule has 3 amide bonds. The van der Waals surface area contributed by atoms with E-state index < -0.39 is 11.8 Å². The van der Waals surface area contributed by atoms with Gasteiger partial charge >= 0.3 is 11.8 Å². The molecule has 3 rings (SSSR count). The Balaban J connectivity index is 1.56. The van der Waals surface area contributed by atoms with Crippen LogP contribution in [0, 0.1) is 0 Å². The molecule has 37 heavy (non-hydrogen) atoms. The second-order valence-electron chi connectivity index (χ2n) is 8.64. The summed E-state index contributed by atoms with van der Waals surface area (Å²) in [5.41, 5.74) is 2.05. The van der Waals surface area contributed by atoms with Crippen LogP contribution in [0.3, 0.4) is 0 Å². The van der Waals surface area contributed by atoms with Gasteiger partial charge in [-0.3, -0.25) is 14.4 Å². The highest BCUT2D eigenvalue weighted by atomic mass is 79.9. The van der Waals surface area contributed by atoms with E-state index in [-0.39, 0.29) is 24.9 Å². The monoisotopic (exact) mass is 605 g/mol. The molecule has 0 radical (unpaired) electrons. The number of halogens is 3. The minimum absolute atomic E-state index is 0.0648. The zero-order valence-corrected chi connectivity index (χ0v) is 23.6. The third kappa shape index (κ3) is 8.49. The number of amides is 3. The standard InChI is InChI=1S/C27H26BrCl2N3O4/c1-16(2)31-25(34)12-17-4-7-19(8-5-17)32-26(35)27(36)33(3)15-18-6-9-20(13-22(18)28)37-21-10-11-23(29)24(30)14-21/h4-11,13-14,16H,12,15H2,1-3H3,(H,31,34)(H,32,35). The quantitative estimate of drug-likeness (QED) is 0.298. The van der Waals surface area contributed by atoms with Gasteiger partial charge in [-0.05, 0) is 61.4 Å². The van der Waals surface area contributed by atoms with Crippen molar-refractivity contribution in [2.45, 2.75) is 32.9 Å². The number of benzene rings is 3. The molecule has 0 saturated carbocycles. The van der Waals surface area contributed by atoms with Gasteiger partial charge in [0.2, 0.25) is 5.91 Å². The normalized spacial score (nSPS) is 10.7. The van der Waals surface area contributed by atoms with Gasteiger partial charge in [0.15, 0.2) is 0 Å². The van der Waals surface area contributed by atoms with E-state index in [1.165, 1.54) is 4.90 Å². The molecule has 0 saturated heterocycles. The lowest BCUT2D eigenvalue weighted by molar-refractivity contribution is -0.142. The van der Waals surface area contributed by atoms with Gasteiger partial charge in [-0.1, -0.05) is 57.3 Å². The predicted octanol–water partition coefficient (Wildman–Crippen LogP) is 6.21. The maximum absolute atomic E-state index is 12.6. The summed E-state index contributed by atoms with van der Waals surface area (Å²) < 4.78 is 6.52. The number of carbonyl (C=O) groups is 3. The van der Waals surface area contributed by atoms with Crippen LogP contribution in [0.2, 0.25) is 10.0 Å². The van der Waals surface area contributed by atoms with Crippen molar-refractivity contribution in [2.75, 3.05) is 12.4 Å². The Morgan fingerprint density at radius 3 is 2.22 bits per heavy atom. The Kier molecular flexibility index (Phi) is 9.97. The van der Waals surface area contributed by atoms with Crippen LogP contribution in [-0.2, 0) is 27.3 Å². The molecule has 10 heteroatoms. The average molecular weight is 607 g/mol. The van der Waals surface area contributed by atoms with Crippen molar-refractivity contribution in [1.82, 2.24) is 10.2 Å². The predicted molar refractivity (Wildman–Crippen MR) is 149 cm³/mol. The fourth-order valence-electron chi connectivity index (χ4n) is 3.35. The van der Waals surface area contributed by atoms with E-state index in [0.717, 1.165) is 11.1 Å². The molecule has 0 aromatic heterocycles. The lowest BCUT2D eigenvalue weighted by Gasteiger charge is -2.18. The van der Waals surface area contributed by atoms with Crippen molar-refractivity contribution < 1.29 is 19.1 Å². The molecule has 0 aliphatic carbocycles. The Bertz CT molecular complexity index is 1300. The summed E-state index contributed by atoms with van der Waals surface area (Å²) in [5.74, 6) is -0.439. The summed E-state index contributed by atoms with van der Waals surface area (Å²) in [6.07, 6.45) is 0.236. The first kappa shape index (κ1) is 28.5. The van der Waals surface area contributed by atoms with Crippen LogP contribution in [0.15, 0.2) is 65.1 Å². The zero-order chi connectivity index (χ0) is 27.1. The van der Waals surface area contributed by atoms with Gasteiger partial charge in [0.1, 0.15) is 11.5 Å². The van der Waals surface area contributed by atoms with Crippen LogP contribution in [0.25, 0.3) is 0 Å². The van der Waals surface area contributed by atoms with E-state index in [1.54, 1.807) is 67.7 Å². The van der Waals surface area contributed by atoms with E-state index in [4.69, 9.17) is 27.9 Å². The summed E-state index contributed by atoms with van der Waals surface area (Å²) in [5, 5.41) is 6.25. The first-order chi connectivity index (χ1) is 17.5. The topological polar surface area (TPSA) is 87.7 Å². The summed E-state index contributed by atoms with van der Waals surface area (Å²) in [7, 11) is 1.55. The smallest absolute Gasteiger partial charge is 0.313 e. The summed E-state index contributed by atoms with van der Waals surface area (Å²) in [6, 6.07) is 17.1. The third-order valence-corrected chi connectivity index (χ3v) is 6.60. The van der Waals surface area contributed by atoms with Crippen molar-refractivity contribution in [2.24, 2.45) is 0 Å². The highest BCUT2D eigenvalue weighted by Crippen LogP contribution is 2.31. The molecular weight excluding hydrogens is 581 g/mol. The second-order valence-corrected chi connectivity index (χ2v) is 10.3. The van der Waals surface area contributed by atoms with E-state index in [0.29, 0.717) is 31.7 Å². The summed E-state index contributed by atoms with van der Waals surface area (Å²) >= 11 is 15.5. The first-order valence-electron chi connectivity index (χ1n) is 11.4. The molecule has 0 bridgehead atoms. The molecule has 0 atom stereocenters. The van der Waals surface area contributed by atoms with Crippen LogP contribution < -0.4 is 15.4 Å². The highest BCUT2D eigenvalue weighted by Gasteiger charge is 2.20. The van der Waals surface area contributed by atoms with Gasteiger partial charge in [-0.2, -0.15) is 0 Å². The molecule has 0 spiro atoms. The van der Waals surface area contributed by atoms with E-state index in [9.17, 15) is 14.4 Å². The number of hydrogen-bond donors (Lipinski definition) is 2. The number of hydrogen-bond acceptors (Lipinski definition) is 4. The maximum atomic E-state index is 12.6. The molecule has 3 aromatic rings. The largest absolute Gasteiger partial charge is 0.457 e. The lowest BCUT2D eigenvalue weighted by atomic mass is 10.1. The van der Waals surface area contributed by atoms with Crippen LogP contribution in [0.1, 0.15) is 25.0 Å². The van der Waals surface area contributed by atoms with E-state index in [1.807, 2.05) is 13.8 Å². The van der Waals surface area contributed by atoms with Crippen LogP contribution >= 0.6 is 39.1 Å². The SMILES string of the molecule is CC(C)NC(=O)Cc1ccc(NC(=O)C(=O)N(C)Cc2ccc(Oc3ccc(Cl)c(Cl)c3)cc2Br)cc1. The van der Waals surface area contributed by atoms with Crippen molar-refractivity contribution in [1.29, 1.82) is 0 Å². The van der Waals surface area contributed by atoms with Crippen molar-refractivity contribution in [3.8, 4) is 11.5 Å². The Hall–Kier alpha value is -3.07.